The summed E-state index contributed by atoms with van der Waals surface area (Å²) in [5.74, 6) is -3.16. The van der Waals surface area contributed by atoms with Crippen molar-refractivity contribution in [3.63, 3.8) is 0 Å². The van der Waals surface area contributed by atoms with Gasteiger partial charge in [-0.3, -0.25) is 4.90 Å². The van der Waals surface area contributed by atoms with Crippen molar-refractivity contribution in [2.45, 2.75) is 58.0 Å². The summed E-state index contributed by atoms with van der Waals surface area (Å²) in [4.78, 5) is 26.0. The minimum Gasteiger partial charge on any atom is -0.465 e. The van der Waals surface area contributed by atoms with Gasteiger partial charge in [0.2, 0.25) is 5.92 Å². The predicted octanol–water partition coefficient (Wildman–Crippen LogP) is 5.26. The highest BCUT2D eigenvalue weighted by Crippen LogP contribution is 2.53. The molecule has 5 nitrogen and oxygen atoms in total. The molecule has 3 rings (SSSR count). The van der Waals surface area contributed by atoms with Crippen molar-refractivity contribution in [1.82, 2.24) is 4.90 Å². The standard InChI is InChI=1S/C22H27F2NO4/c1-20(2,3)29-19(27)25-12-11-21(9-10-22(23,24)14-21)13-17(25)15-5-7-16(8-6-15)18(26)28-4/h5-8,13H,9-12,14H2,1-4H3. The minimum atomic E-state index is -2.69. The molecule has 1 atom stereocenters. The average Bonchev–Trinajstić information content (AvgIpc) is 2.93. The van der Waals surface area contributed by atoms with E-state index >= 15 is 0 Å². The monoisotopic (exact) mass is 407 g/mol. The molecule has 1 aliphatic carbocycles. The largest absolute Gasteiger partial charge is 0.465 e. The van der Waals surface area contributed by atoms with Gasteiger partial charge in [-0.25, -0.2) is 18.4 Å². The molecule has 0 saturated heterocycles. The molecule has 1 spiro atoms. The number of alkyl halides is 2. The van der Waals surface area contributed by atoms with E-state index in [-0.39, 0.29) is 12.8 Å². The van der Waals surface area contributed by atoms with E-state index in [1.54, 1.807) is 51.1 Å². The zero-order chi connectivity index (χ0) is 21.4. The third-order valence-corrected chi connectivity index (χ3v) is 5.38. The van der Waals surface area contributed by atoms with Crippen LogP contribution in [-0.4, -0.2) is 42.1 Å². The van der Waals surface area contributed by atoms with Gasteiger partial charge in [0.1, 0.15) is 5.60 Å². The first-order valence-electron chi connectivity index (χ1n) is 9.74. The van der Waals surface area contributed by atoms with Gasteiger partial charge in [-0.2, -0.15) is 0 Å². The quantitative estimate of drug-likeness (QED) is 0.628. The Labute approximate surface area is 169 Å². The van der Waals surface area contributed by atoms with Crippen LogP contribution in [0.2, 0.25) is 0 Å². The number of carbonyl (C=O) groups excluding carboxylic acids is 2. The number of hydrogen-bond acceptors (Lipinski definition) is 4. The maximum Gasteiger partial charge on any atom is 0.414 e. The molecule has 1 heterocycles. The maximum atomic E-state index is 14.0. The summed E-state index contributed by atoms with van der Waals surface area (Å²) in [5, 5.41) is 0. The van der Waals surface area contributed by atoms with Crippen molar-refractivity contribution in [1.29, 1.82) is 0 Å². The van der Waals surface area contributed by atoms with Crippen molar-refractivity contribution in [2.24, 2.45) is 5.41 Å². The zero-order valence-electron chi connectivity index (χ0n) is 17.3. The van der Waals surface area contributed by atoms with E-state index in [4.69, 9.17) is 9.47 Å². The number of halogens is 2. The van der Waals surface area contributed by atoms with Crippen LogP contribution in [0.4, 0.5) is 13.6 Å². The third-order valence-electron chi connectivity index (χ3n) is 5.38. The Bertz CT molecular complexity index is 826. The Morgan fingerprint density at radius 1 is 1.07 bits per heavy atom. The molecule has 1 saturated carbocycles. The molecule has 1 aromatic rings. The number of rotatable bonds is 2. The van der Waals surface area contributed by atoms with Crippen molar-refractivity contribution >= 4 is 17.8 Å². The lowest BCUT2D eigenvalue weighted by molar-refractivity contribution is -0.00193. The van der Waals surface area contributed by atoms with Crippen molar-refractivity contribution in [3.8, 4) is 0 Å². The lowest BCUT2D eigenvalue weighted by atomic mass is 9.78. The van der Waals surface area contributed by atoms with Crippen LogP contribution in [0.5, 0.6) is 0 Å². The first-order valence-corrected chi connectivity index (χ1v) is 9.74. The Hall–Kier alpha value is -2.44. The normalized spacial score (nSPS) is 23.7. The van der Waals surface area contributed by atoms with E-state index in [9.17, 15) is 18.4 Å². The molecule has 0 N–H and O–H groups in total. The van der Waals surface area contributed by atoms with Crippen LogP contribution >= 0.6 is 0 Å². The molecule has 1 fully saturated rings. The molecule has 0 aromatic heterocycles. The lowest BCUT2D eigenvalue weighted by Crippen LogP contribution is -2.41. The van der Waals surface area contributed by atoms with Gasteiger partial charge in [0.15, 0.2) is 0 Å². The van der Waals surface area contributed by atoms with E-state index in [1.165, 1.54) is 12.0 Å². The number of allylic oxidation sites excluding steroid dienone is 1. The second kappa shape index (κ2) is 7.43. The molecule has 1 amide bonds. The van der Waals surface area contributed by atoms with Gasteiger partial charge in [0.25, 0.3) is 0 Å². The summed E-state index contributed by atoms with van der Waals surface area (Å²) in [7, 11) is 1.30. The second-order valence-electron chi connectivity index (χ2n) is 8.88. The summed E-state index contributed by atoms with van der Waals surface area (Å²) in [5.41, 5.74) is 0.265. The van der Waals surface area contributed by atoms with Crippen molar-refractivity contribution in [2.75, 3.05) is 13.7 Å². The molecule has 158 valence electrons. The number of carbonyl (C=O) groups is 2. The number of esters is 1. The van der Waals surface area contributed by atoms with Crippen LogP contribution in [-0.2, 0) is 9.47 Å². The summed E-state index contributed by atoms with van der Waals surface area (Å²) < 4.78 is 38.2. The van der Waals surface area contributed by atoms with Crippen LogP contribution in [0.25, 0.3) is 5.70 Å². The fourth-order valence-electron chi connectivity index (χ4n) is 4.00. The van der Waals surface area contributed by atoms with Gasteiger partial charge in [-0.05, 0) is 56.7 Å². The average molecular weight is 407 g/mol. The van der Waals surface area contributed by atoms with Gasteiger partial charge in [-0.15, -0.1) is 0 Å². The Balaban J connectivity index is 1.98. The first kappa shape index (κ1) is 21.3. The Morgan fingerprint density at radius 3 is 2.24 bits per heavy atom. The molecule has 7 heteroatoms. The predicted molar refractivity (Wildman–Crippen MR) is 105 cm³/mol. The number of benzene rings is 1. The summed E-state index contributed by atoms with van der Waals surface area (Å²) in [6.07, 6.45) is 1.77. The van der Waals surface area contributed by atoms with Gasteiger partial charge < -0.3 is 9.47 Å². The van der Waals surface area contributed by atoms with Gasteiger partial charge >= 0.3 is 12.1 Å². The highest BCUT2D eigenvalue weighted by molar-refractivity contribution is 5.90. The highest BCUT2D eigenvalue weighted by atomic mass is 19.3. The lowest BCUT2D eigenvalue weighted by Gasteiger charge is -2.38. The molecule has 29 heavy (non-hydrogen) atoms. The van der Waals surface area contributed by atoms with E-state index in [1.807, 2.05) is 0 Å². The van der Waals surface area contributed by atoms with Gasteiger partial charge in [0.05, 0.1) is 18.4 Å². The van der Waals surface area contributed by atoms with Crippen molar-refractivity contribution < 1.29 is 27.8 Å². The fourth-order valence-corrected chi connectivity index (χ4v) is 4.00. The molecule has 0 bridgehead atoms. The van der Waals surface area contributed by atoms with Gasteiger partial charge in [0, 0.05) is 19.4 Å². The van der Waals surface area contributed by atoms with E-state index in [0.29, 0.717) is 36.2 Å². The number of nitrogens with zero attached hydrogens (tertiary/aromatic N) is 1. The number of amides is 1. The third kappa shape index (κ3) is 4.77. The molecule has 2 aliphatic rings. The molecular weight excluding hydrogens is 380 g/mol. The first-order chi connectivity index (χ1) is 13.4. The molecule has 1 unspecified atom stereocenters. The topological polar surface area (TPSA) is 55.8 Å². The SMILES string of the molecule is COC(=O)c1ccc(C2=CC3(CCN2C(=O)OC(C)(C)C)CCC(F)(F)C3)cc1. The number of methoxy groups -OCH3 is 1. The summed E-state index contributed by atoms with van der Waals surface area (Å²) >= 11 is 0. The zero-order valence-corrected chi connectivity index (χ0v) is 17.3. The fraction of sp³-hybridized carbons (Fsp3) is 0.545. The maximum absolute atomic E-state index is 14.0. The van der Waals surface area contributed by atoms with Gasteiger partial charge in [-0.1, -0.05) is 18.2 Å². The Kier molecular flexibility index (Phi) is 5.45. The Morgan fingerprint density at radius 2 is 1.72 bits per heavy atom. The van der Waals surface area contributed by atoms with E-state index < -0.39 is 29.0 Å². The second-order valence-corrected chi connectivity index (χ2v) is 8.88. The molecule has 1 aliphatic heterocycles. The summed E-state index contributed by atoms with van der Waals surface area (Å²) in [6.45, 7) is 5.64. The summed E-state index contributed by atoms with van der Waals surface area (Å²) in [6, 6.07) is 6.59. The molecular formula is C22H27F2NO4. The minimum absolute atomic E-state index is 0.148. The van der Waals surface area contributed by atoms with Crippen LogP contribution < -0.4 is 0 Å². The smallest absolute Gasteiger partial charge is 0.414 e. The van der Waals surface area contributed by atoms with Crippen LogP contribution in [0, 0.1) is 5.41 Å². The van der Waals surface area contributed by atoms with E-state index in [0.717, 1.165) is 0 Å². The molecule has 0 radical (unpaired) electrons. The van der Waals surface area contributed by atoms with Crippen LogP contribution in [0.1, 0.15) is 62.4 Å². The van der Waals surface area contributed by atoms with Crippen LogP contribution in [0.15, 0.2) is 30.3 Å². The number of ether oxygens (including phenoxy) is 2. The molecule has 1 aromatic carbocycles. The highest BCUT2D eigenvalue weighted by Gasteiger charge is 2.50. The number of hydrogen-bond donors (Lipinski definition) is 0. The van der Waals surface area contributed by atoms with Crippen molar-refractivity contribution in [3.05, 3.63) is 41.5 Å². The van der Waals surface area contributed by atoms with E-state index in [2.05, 4.69) is 0 Å². The van der Waals surface area contributed by atoms with Crippen LogP contribution in [0.3, 0.4) is 0 Å².